The second kappa shape index (κ2) is 6.75. The van der Waals surface area contributed by atoms with Gasteiger partial charge in [0.2, 0.25) is 0 Å². The molecule has 3 atom stereocenters. The van der Waals surface area contributed by atoms with E-state index in [0.29, 0.717) is 19.0 Å². The number of carboxylic acids is 1. The molecular formula is C13H24N2O4. The highest BCUT2D eigenvalue weighted by Crippen LogP contribution is 2.20. The molecule has 1 fully saturated rings. The molecule has 0 aromatic heterocycles. The predicted molar refractivity (Wildman–Crippen MR) is 71.0 cm³/mol. The number of carbonyl (C=O) groups is 2. The van der Waals surface area contributed by atoms with E-state index in [4.69, 9.17) is 9.84 Å². The van der Waals surface area contributed by atoms with Crippen LogP contribution >= 0.6 is 0 Å². The number of nitrogens with zero attached hydrogens (tertiary/aromatic N) is 2. The first-order chi connectivity index (χ1) is 8.86. The number of likely N-dealkylation sites (tertiary alicyclic amines) is 1. The summed E-state index contributed by atoms with van der Waals surface area (Å²) in [6.07, 6.45) is 0.968. The van der Waals surface area contributed by atoms with Crippen molar-refractivity contribution in [3.8, 4) is 0 Å². The molecule has 6 heteroatoms. The second-order valence-corrected chi connectivity index (χ2v) is 5.39. The minimum atomic E-state index is -0.887. The molecule has 2 amide bonds. The highest BCUT2D eigenvalue weighted by atomic mass is 16.5. The molecule has 0 aliphatic carbocycles. The number of ether oxygens (including phenoxy) is 1. The molecule has 0 bridgehead atoms. The number of carbonyl (C=O) groups excluding carboxylic acids is 1. The van der Waals surface area contributed by atoms with Gasteiger partial charge in [-0.15, -0.1) is 0 Å². The molecule has 0 aromatic carbocycles. The van der Waals surface area contributed by atoms with Gasteiger partial charge in [-0.25, -0.2) is 4.79 Å². The van der Waals surface area contributed by atoms with Gasteiger partial charge in [0, 0.05) is 33.8 Å². The van der Waals surface area contributed by atoms with Gasteiger partial charge in [-0.3, -0.25) is 4.79 Å². The van der Waals surface area contributed by atoms with E-state index in [9.17, 15) is 9.59 Å². The molecule has 0 radical (unpaired) electrons. The van der Waals surface area contributed by atoms with Crippen LogP contribution in [0.2, 0.25) is 0 Å². The maximum Gasteiger partial charge on any atom is 0.319 e. The molecule has 3 unspecified atom stereocenters. The largest absolute Gasteiger partial charge is 0.481 e. The van der Waals surface area contributed by atoms with Crippen LogP contribution in [0.5, 0.6) is 0 Å². The number of carboxylic acid groups (broad SMARTS) is 1. The zero-order valence-electron chi connectivity index (χ0n) is 12.1. The monoisotopic (exact) mass is 272 g/mol. The smallest absolute Gasteiger partial charge is 0.319 e. The molecular weight excluding hydrogens is 248 g/mol. The number of methoxy groups -OCH3 is 1. The van der Waals surface area contributed by atoms with Gasteiger partial charge in [0.15, 0.2) is 0 Å². The third-order valence-corrected chi connectivity index (χ3v) is 3.76. The molecule has 1 rings (SSSR count). The standard InChI is InChI=1S/C13H24N2O4/c1-9-5-6-15(8-11(9)19-4)13(18)14(3)7-10(2)12(16)17/h9-11H,5-8H2,1-4H3,(H,16,17). The van der Waals surface area contributed by atoms with Gasteiger partial charge in [-0.1, -0.05) is 13.8 Å². The van der Waals surface area contributed by atoms with Crippen LogP contribution in [0.4, 0.5) is 4.79 Å². The van der Waals surface area contributed by atoms with E-state index in [0.717, 1.165) is 6.42 Å². The van der Waals surface area contributed by atoms with Crippen molar-refractivity contribution in [2.24, 2.45) is 11.8 Å². The van der Waals surface area contributed by atoms with Crippen LogP contribution < -0.4 is 0 Å². The third kappa shape index (κ3) is 4.09. The van der Waals surface area contributed by atoms with Gasteiger partial charge >= 0.3 is 12.0 Å². The molecule has 19 heavy (non-hydrogen) atoms. The number of hydrogen-bond donors (Lipinski definition) is 1. The van der Waals surface area contributed by atoms with E-state index in [1.165, 1.54) is 4.90 Å². The fourth-order valence-corrected chi connectivity index (χ4v) is 2.32. The Bertz CT molecular complexity index is 335. The number of hydrogen-bond acceptors (Lipinski definition) is 3. The summed E-state index contributed by atoms with van der Waals surface area (Å²) in [5, 5.41) is 8.87. The van der Waals surface area contributed by atoms with Crippen LogP contribution in [0.1, 0.15) is 20.3 Å². The molecule has 0 aromatic rings. The van der Waals surface area contributed by atoms with Crippen molar-refractivity contribution in [2.45, 2.75) is 26.4 Å². The van der Waals surface area contributed by atoms with E-state index in [-0.39, 0.29) is 18.7 Å². The summed E-state index contributed by atoms with van der Waals surface area (Å²) in [5.74, 6) is -1.00. The van der Waals surface area contributed by atoms with Crippen molar-refractivity contribution in [3.05, 3.63) is 0 Å². The molecule has 1 saturated heterocycles. The number of urea groups is 1. The normalized spacial score (nSPS) is 24.9. The highest BCUT2D eigenvalue weighted by Gasteiger charge is 2.30. The number of rotatable bonds is 4. The summed E-state index contributed by atoms with van der Waals surface area (Å²) in [4.78, 5) is 26.2. The van der Waals surface area contributed by atoms with Gasteiger partial charge in [0.25, 0.3) is 0 Å². The Labute approximate surface area is 114 Å². The van der Waals surface area contributed by atoms with Gasteiger partial charge in [0.05, 0.1) is 12.0 Å². The Morgan fingerprint density at radius 3 is 2.68 bits per heavy atom. The maximum absolute atomic E-state index is 12.2. The zero-order chi connectivity index (χ0) is 14.6. The molecule has 1 N–H and O–H groups in total. The first kappa shape index (κ1) is 15.8. The summed E-state index contributed by atoms with van der Waals surface area (Å²) in [7, 11) is 3.30. The number of piperidine rings is 1. The summed E-state index contributed by atoms with van der Waals surface area (Å²) < 4.78 is 5.38. The van der Waals surface area contributed by atoms with Crippen LogP contribution in [0, 0.1) is 11.8 Å². The maximum atomic E-state index is 12.2. The summed E-state index contributed by atoms with van der Waals surface area (Å²) in [6, 6.07) is -0.123. The first-order valence-corrected chi connectivity index (χ1v) is 6.62. The number of amides is 2. The lowest BCUT2D eigenvalue weighted by atomic mass is 9.96. The second-order valence-electron chi connectivity index (χ2n) is 5.39. The van der Waals surface area contributed by atoms with Crippen LogP contribution in [-0.2, 0) is 9.53 Å². The van der Waals surface area contributed by atoms with Crippen LogP contribution in [0.15, 0.2) is 0 Å². The van der Waals surface area contributed by atoms with Crippen LogP contribution in [0.25, 0.3) is 0 Å². The lowest BCUT2D eigenvalue weighted by Gasteiger charge is -2.38. The van der Waals surface area contributed by atoms with Gasteiger partial charge < -0.3 is 19.6 Å². The lowest BCUT2D eigenvalue weighted by Crippen LogP contribution is -2.51. The summed E-state index contributed by atoms with van der Waals surface area (Å²) in [6.45, 7) is 5.21. The average molecular weight is 272 g/mol. The summed E-state index contributed by atoms with van der Waals surface area (Å²) in [5.41, 5.74) is 0. The SMILES string of the molecule is COC1CN(C(=O)N(C)CC(C)C(=O)O)CCC1C. The van der Waals surface area contributed by atoms with Gasteiger partial charge in [-0.2, -0.15) is 0 Å². The van der Waals surface area contributed by atoms with E-state index >= 15 is 0 Å². The molecule has 6 nitrogen and oxygen atoms in total. The fraction of sp³-hybridized carbons (Fsp3) is 0.846. The van der Waals surface area contributed by atoms with Gasteiger partial charge in [-0.05, 0) is 12.3 Å². The van der Waals surface area contributed by atoms with E-state index in [1.807, 2.05) is 0 Å². The predicted octanol–water partition coefficient (Wildman–Crippen LogP) is 1.12. The highest BCUT2D eigenvalue weighted by molar-refractivity contribution is 5.76. The first-order valence-electron chi connectivity index (χ1n) is 6.62. The Morgan fingerprint density at radius 1 is 1.53 bits per heavy atom. The minimum absolute atomic E-state index is 0.0583. The minimum Gasteiger partial charge on any atom is -0.481 e. The topological polar surface area (TPSA) is 70.1 Å². The Balaban J connectivity index is 2.55. The zero-order valence-corrected chi connectivity index (χ0v) is 12.1. The van der Waals surface area contributed by atoms with Crippen LogP contribution in [-0.4, -0.2) is 66.8 Å². The number of aliphatic carboxylic acids is 1. The van der Waals surface area contributed by atoms with Crippen LogP contribution in [0.3, 0.4) is 0 Å². The Morgan fingerprint density at radius 2 is 2.16 bits per heavy atom. The van der Waals surface area contributed by atoms with Crippen molar-refractivity contribution in [2.75, 3.05) is 33.8 Å². The van der Waals surface area contributed by atoms with E-state index in [2.05, 4.69) is 6.92 Å². The van der Waals surface area contributed by atoms with Crippen molar-refractivity contribution < 1.29 is 19.4 Å². The quantitative estimate of drug-likeness (QED) is 0.832. The third-order valence-electron chi connectivity index (χ3n) is 3.76. The Hall–Kier alpha value is -1.30. The molecule has 0 spiro atoms. The van der Waals surface area contributed by atoms with E-state index < -0.39 is 11.9 Å². The average Bonchev–Trinajstić information content (AvgIpc) is 2.38. The van der Waals surface area contributed by atoms with Crippen molar-refractivity contribution in [1.82, 2.24) is 9.80 Å². The molecule has 1 aliphatic rings. The van der Waals surface area contributed by atoms with E-state index in [1.54, 1.807) is 26.0 Å². The fourth-order valence-electron chi connectivity index (χ4n) is 2.32. The van der Waals surface area contributed by atoms with Gasteiger partial charge in [0.1, 0.15) is 0 Å². The molecule has 1 heterocycles. The van der Waals surface area contributed by atoms with Crippen molar-refractivity contribution in [1.29, 1.82) is 0 Å². The summed E-state index contributed by atoms with van der Waals surface area (Å²) >= 11 is 0. The lowest BCUT2D eigenvalue weighted by molar-refractivity contribution is -0.141. The Kier molecular flexibility index (Phi) is 5.60. The van der Waals surface area contributed by atoms with Crippen molar-refractivity contribution >= 4 is 12.0 Å². The molecule has 0 saturated carbocycles. The molecule has 110 valence electrons. The van der Waals surface area contributed by atoms with Crippen molar-refractivity contribution in [3.63, 3.8) is 0 Å². The molecule has 1 aliphatic heterocycles.